The molecule has 0 aliphatic heterocycles. The van der Waals surface area contributed by atoms with Crippen molar-refractivity contribution in [1.82, 2.24) is 20.7 Å². The molecule has 10 nitrogen and oxygen atoms in total. The molecular formula is C35H36N4O6. The van der Waals surface area contributed by atoms with E-state index in [1.807, 2.05) is 79.7 Å². The van der Waals surface area contributed by atoms with Crippen LogP contribution < -0.4 is 14.8 Å². The molecule has 0 fully saturated rings. The van der Waals surface area contributed by atoms with Gasteiger partial charge in [0.15, 0.2) is 11.5 Å². The van der Waals surface area contributed by atoms with Crippen molar-refractivity contribution in [3.63, 3.8) is 0 Å². The molecule has 2 aromatic heterocycles. The van der Waals surface area contributed by atoms with Crippen molar-refractivity contribution in [3.8, 4) is 34.1 Å². The van der Waals surface area contributed by atoms with E-state index in [4.69, 9.17) is 18.7 Å². The third kappa shape index (κ3) is 7.23. The smallest absolute Gasteiger partial charge is 0.360 e. The topological polar surface area (TPSA) is 129 Å². The summed E-state index contributed by atoms with van der Waals surface area (Å²) in [5, 5.41) is 14.2. The molecule has 5 aromatic rings. The number of aromatic nitrogens is 3. The molecule has 1 amide bonds. The highest BCUT2D eigenvalue weighted by Gasteiger charge is 2.29. The largest absolute Gasteiger partial charge is 0.488 e. The quantitative estimate of drug-likeness (QED) is 0.138. The summed E-state index contributed by atoms with van der Waals surface area (Å²) in [6, 6.07) is 25.0. The fourth-order valence-corrected chi connectivity index (χ4v) is 4.81. The molecule has 5 rings (SSSR count). The molecule has 0 aliphatic carbocycles. The third-order valence-electron chi connectivity index (χ3n) is 7.04. The van der Waals surface area contributed by atoms with Crippen LogP contribution in [0.2, 0.25) is 0 Å². The highest BCUT2D eigenvalue weighted by molar-refractivity contribution is 6.03. The number of esters is 1. The Morgan fingerprint density at radius 2 is 1.53 bits per heavy atom. The molecular weight excluding hydrogens is 572 g/mol. The Morgan fingerprint density at radius 3 is 2.13 bits per heavy atom. The van der Waals surface area contributed by atoms with Gasteiger partial charge in [-0.25, -0.2) is 4.79 Å². The van der Waals surface area contributed by atoms with E-state index >= 15 is 0 Å². The Morgan fingerprint density at radius 1 is 0.889 bits per heavy atom. The van der Waals surface area contributed by atoms with E-state index in [1.54, 1.807) is 6.92 Å². The second kappa shape index (κ2) is 14.4. The van der Waals surface area contributed by atoms with Crippen LogP contribution in [0.25, 0.3) is 22.6 Å². The fraction of sp³-hybridized carbons (Fsp3) is 0.257. The van der Waals surface area contributed by atoms with Crippen LogP contribution in [0.4, 0.5) is 0 Å². The Kier molecular flexibility index (Phi) is 9.93. The normalized spacial score (nSPS) is 11.0. The van der Waals surface area contributed by atoms with Crippen LogP contribution in [0.15, 0.2) is 83.4 Å². The molecule has 3 aromatic carbocycles. The second-order valence-electron chi connectivity index (χ2n) is 10.6. The predicted octanol–water partition coefficient (Wildman–Crippen LogP) is 6.94. The summed E-state index contributed by atoms with van der Waals surface area (Å²) in [7, 11) is 0. The van der Waals surface area contributed by atoms with E-state index in [0.717, 1.165) is 16.7 Å². The molecule has 0 atom stereocenters. The number of nitrogens with one attached hydrogen (secondary N) is 2. The SMILES string of the molecule is CCNC(=O)c1[nH]nc(-c2cc(C(C)C)c(OCc3ccccc3)cc2OCc2ccccc2)c1-c1cc(C(=O)OCC)no1. The number of H-pyrrole nitrogens is 1. The molecule has 10 heteroatoms. The molecule has 232 valence electrons. The highest BCUT2D eigenvalue weighted by Crippen LogP contribution is 2.43. The van der Waals surface area contributed by atoms with Gasteiger partial charge in [-0.15, -0.1) is 0 Å². The van der Waals surface area contributed by atoms with Gasteiger partial charge in [0, 0.05) is 24.2 Å². The summed E-state index contributed by atoms with van der Waals surface area (Å²) in [5.74, 6) is 0.388. The zero-order chi connectivity index (χ0) is 31.8. The molecule has 0 radical (unpaired) electrons. The average molecular weight is 609 g/mol. The first-order valence-corrected chi connectivity index (χ1v) is 14.9. The summed E-state index contributed by atoms with van der Waals surface area (Å²) in [4.78, 5) is 25.6. The summed E-state index contributed by atoms with van der Waals surface area (Å²) in [6.07, 6.45) is 0. The van der Waals surface area contributed by atoms with E-state index in [2.05, 4.69) is 34.5 Å². The first kappa shape index (κ1) is 31.1. The van der Waals surface area contributed by atoms with Crippen molar-refractivity contribution in [3.05, 3.63) is 107 Å². The number of rotatable bonds is 13. The number of carbonyl (C=O) groups is 2. The van der Waals surface area contributed by atoms with Crippen LogP contribution >= 0.6 is 0 Å². The van der Waals surface area contributed by atoms with Crippen molar-refractivity contribution in [2.75, 3.05) is 13.2 Å². The minimum absolute atomic E-state index is 0.0195. The van der Waals surface area contributed by atoms with Gasteiger partial charge in [0.25, 0.3) is 5.91 Å². The zero-order valence-corrected chi connectivity index (χ0v) is 25.8. The summed E-state index contributed by atoms with van der Waals surface area (Å²) >= 11 is 0. The Bertz CT molecular complexity index is 1740. The Hall–Kier alpha value is -5.38. The molecule has 0 saturated heterocycles. The maximum absolute atomic E-state index is 13.2. The zero-order valence-electron chi connectivity index (χ0n) is 25.8. The van der Waals surface area contributed by atoms with Gasteiger partial charge in [-0.05, 0) is 42.5 Å². The fourth-order valence-electron chi connectivity index (χ4n) is 4.81. The van der Waals surface area contributed by atoms with Gasteiger partial charge in [-0.1, -0.05) is 79.7 Å². The molecule has 45 heavy (non-hydrogen) atoms. The number of aromatic amines is 1. The first-order chi connectivity index (χ1) is 21.9. The summed E-state index contributed by atoms with van der Waals surface area (Å²) < 4.78 is 23.5. The number of nitrogens with zero attached hydrogens (tertiary/aromatic N) is 2. The summed E-state index contributed by atoms with van der Waals surface area (Å²) in [5.41, 5.74) is 4.40. The van der Waals surface area contributed by atoms with Gasteiger partial charge in [-0.3, -0.25) is 9.89 Å². The number of carbonyl (C=O) groups excluding carboxylic acids is 2. The number of hydrogen-bond acceptors (Lipinski definition) is 8. The number of benzene rings is 3. The van der Waals surface area contributed by atoms with Crippen molar-refractivity contribution in [2.45, 2.75) is 46.8 Å². The van der Waals surface area contributed by atoms with Gasteiger partial charge in [-0.2, -0.15) is 5.10 Å². The van der Waals surface area contributed by atoms with Crippen LogP contribution in [-0.2, 0) is 18.0 Å². The molecule has 0 aliphatic rings. The molecule has 2 heterocycles. The number of hydrogen-bond donors (Lipinski definition) is 2. The first-order valence-electron chi connectivity index (χ1n) is 14.9. The lowest BCUT2D eigenvalue weighted by Gasteiger charge is -2.19. The standard InChI is InChI=1S/C35H36N4O6/c1-5-36-34(40)33-31(30-18-27(39-45-30)35(41)42-6-2)32(37-38-33)26-17-25(22(3)4)28(43-20-23-13-9-7-10-14-23)19-29(26)44-21-24-15-11-8-12-16-24/h7-19,22H,5-6,20-21H2,1-4H3,(H,36,40)(H,37,38). The van der Waals surface area contributed by atoms with Crippen molar-refractivity contribution < 1.29 is 28.3 Å². The van der Waals surface area contributed by atoms with E-state index < -0.39 is 5.97 Å². The molecule has 2 N–H and O–H groups in total. The molecule has 0 unspecified atom stereocenters. The third-order valence-corrected chi connectivity index (χ3v) is 7.04. The van der Waals surface area contributed by atoms with E-state index in [-0.39, 0.29) is 42.2 Å². The van der Waals surface area contributed by atoms with Gasteiger partial charge < -0.3 is 24.1 Å². The highest BCUT2D eigenvalue weighted by atomic mass is 16.5. The Labute approximate surface area is 261 Å². The second-order valence-corrected chi connectivity index (χ2v) is 10.6. The molecule has 0 spiro atoms. The Balaban J connectivity index is 1.65. The van der Waals surface area contributed by atoms with Crippen molar-refractivity contribution in [1.29, 1.82) is 0 Å². The lowest BCUT2D eigenvalue weighted by atomic mass is 9.95. The monoisotopic (exact) mass is 608 g/mol. The van der Waals surface area contributed by atoms with Gasteiger partial charge in [0.2, 0.25) is 0 Å². The van der Waals surface area contributed by atoms with Crippen LogP contribution in [0.5, 0.6) is 11.5 Å². The minimum atomic E-state index is -0.633. The lowest BCUT2D eigenvalue weighted by molar-refractivity contribution is 0.0514. The van der Waals surface area contributed by atoms with E-state index in [1.165, 1.54) is 6.07 Å². The van der Waals surface area contributed by atoms with Gasteiger partial charge in [0.05, 0.1) is 12.2 Å². The average Bonchev–Trinajstić information content (AvgIpc) is 3.72. The molecule has 0 bridgehead atoms. The predicted molar refractivity (Wildman–Crippen MR) is 169 cm³/mol. The molecule has 0 saturated carbocycles. The van der Waals surface area contributed by atoms with Crippen LogP contribution in [-0.4, -0.2) is 40.4 Å². The number of amides is 1. The maximum Gasteiger partial charge on any atom is 0.360 e. The van der Waals surface area contributed by atoms with Crippen LogP contribution in [0.1, 0.15) is 71.3 Å². The van der Waals surface area contributed by atoms with Crippen LogP contribution in [0, 0.1) is 0 Å². The minimum Gasteiger partial charge on any atom is -0.488 e. The van der Waals surface area contributed by atoms with Crippen LogP contribution in [0.3, 0.4) is 0 Å². The van der Waals surface area contributed by atoms with E-state index in [9.17, 15) is 9.59 Å². The van der Waals surface area contributed by atoms with Gasteiger partial charge in [0.1, 0.15) is 36.1 Å². The van der Waals surface area contributed by atoms with E-state index in [0.29, 0.717) is 41.5 Å². The summed E-state index contributed by atoms with van der Waals surface area (Å²) in [6.45, 7) is 8.91. The lowest BCUT2D eigenvalue weighted by Crippen LogP contribution is -2.23. The number of ether oxygens (including phenoxy) is 3. The van der Waals surface area contributed by atoms with Crippen molar-refractivity contribution in [2.24, 2.45) is 0 Å². The maximum atomic E-state index is 13.2. The van der Waals surface area contributed by atoms with Gasteiger partial charge >= 0.3 is 5.97 Å². The van der Waals surface area contributed by atoms with Crippen molar-refractivity contribution >= 4 is 11.9 Å².